The molecule has 0 aliphatic heterocycles. The third-order valence-corrected chi connectivity index (χ3v) is 2.77. The van der Waals surface area contributed by atoms with Crippen molar-refractivity contribution in [3.8, 4) is 0 Å². The fourth-order valence-corrected chi connectivity index (χ4v) is 1.82. The lowest BCUT2D eigenvalue weighted by Crippen LogP contribution is -1.95. The van der Waals surface area contributed by atoms with Crippen molar-refractivity contribution in [3.63, 3.8) is 0 Å². The molecular formula is C12H10O3. The summed E-state index contributed by atoms with van der Waals surface area (Å²) in [6.45, 7) is 0. The summed E-state index contributed by atoms with van der Waals surface area (Å²) in [5.41, 5.74) is 0.756. The molecular weight excluding hydrogens is 192 g/mol. The van der Waals surface area contributed by atoms with Gasteiger partial charge < -0.3 is 9.52 Å². The van der Waals surface area contributed by atoms with Crippen molar-refractivity contribution in [1.29, 1.82) is 0 Å². The first kappa shape index (κ1) is 8.53. The van der Waals surface area contributed by atoms with Gasteiger partial charge in [0.2, 0.25) is 0 Å². The summed E-state index contributed by atoms with van der Waals surface area (Å²) in [7, 11) is 0. The minimum atomic E-state index is -0.933. The zero-order chi connectivity index (χ0) is 10.4. The average molecular weight is 202 g/mol. The van der Waals surface area contributed by atoms with Crippen molar-refractivity contribution in [3.05, 3.63) is 35.6 Å². The van der Waals surface area contributed by atoms with Crippen LogP contribution >= 0.6 is 0 Å². The predicted molar refractivity (Wildman–Crippen MR) is 55.1 cm³/mol. The van der Waals surface area contributed by atoms with Gasteiger partial charge in [-0.15, -0.1) is 0 Å². The lowest BCUT2D eigenvalue weighted by atomic mass is 10.1. The van der Waals surface area contributed by atoms with E-state index < -0.39 is 5.97 Å². The Balaban J connectivity index is 2.23. The second-order valence-corrected chi connectivity index (χ2v) is 3.95. The Bertz CT molecular complexity index is 535. The van der Waals surface area contributed by atoms with Crippen molar-refractivity contribution in [2.45, 2.75) is 18.8 Å². The topological polar surface area (TPSA) is 50.4 Å². The molecule has 1 aromatic carbocycles. The van der Waals surface area contributed by atoms with E-state index in [4.69, 9.17) is 9.52 Å². The van der Waals surface area contributed by atoms with Crippen LogP contribution in [0.4, 0.5) is 0 Å². The van der Waals surface area contributed by atoms with E-state index in [1.54, 1.807) is 12.1 Å². The Kier molecular flexibility index (Phi) is 1.63. The molecule has 15 heavy (non-hydrogen) atoms. The van der Waals surface area contributed by atoms with E-state index >= 15 is 0 Å². The summed E-state index contributed by atoms with van der Waals surface area (Å²) >= 11 is 0. The molecule has 0 atom stereocenters. The number of rotatable bonds is 2. The number of para-hydroxylation sites is 1. The summed E-state index contributed by atoms with van der Waals surface area (Å²) in [5, 5.41) is 9.87. The van der Waals surface area contributed by atoms with Gasteiger partial charge >= 0.3 is 5.97 Å². The Hall–Kier alpha value is -1.77. The number of fused-ring (bicyclic) bond motifs is 1. The lowest BCUT2D eigenvalue weighted by molar-refractivity contribution is 0.0698. The Morgan fingerprint density at radius 1 is 1.40 bits per heavy atom. The molecule has 1 fully saturated rings. The third-order valence-electron chi connectivity index (χ3n) is 2.77. The first-order chi connectivity index (χ1) is 7.25. The van der Waals surface area contributed by atoms with E-state index in [1.165, 1.54) is 0 Å². The molecule has 0 bridgehead atoms. The number of furan rings is 1. The summed E-state index contributed by atoms with van der Waals surface area (Å²) < 4.78 is 5.60. The predicted octanol–water partition coefficient (Wildman–Crippen LogP) is 3.01. The fourth-order valence-electron chi connectivity index (χ4n) is 1.82. The number of carboxylic acid groups (broad SMARTS) is 1. The maximum Gasteiger partial charge on any atom is 0.339 e. The molecule has 1 saturated carbocycles. The zero-order valence-corrected chi connectivity index (χ0v) is 8.06. The maximum atomic E-state index is 10.9. The van der Waals surface area contributed by atoms with Gasteiger partial charge in [-0.05, 0) is 25.0 Å². The first-order valence-electron chi connectivity index (χ1n) is 5.01. The number of carbonyl (C=O) groups is 1. The minimum absolute atomic E-state index is 0.249. The Labute approximate surface area is 86.3 Å². The van der Waals surface area contributed by atoms with Gasteiger partial charge in [0.05, 0.1) is 0 Å². The summed E-state index contributed by atoms with van der Waals surface area (Å²) in [6, 6.07) is 7.17. The second kappa shape index (κ2) is 2.86. The molecule has 76 valence electrons. The van der Waals surface area contributed by atoms with Gasteiger partial charge in [-0.1, -0.05) is 12.1 Å². The Morgan fingerprint density at radius 2 is 2.20 bits per heavy atom. The van der Waals surface area contributed by atoms with Crippen LogP contribution in [0.25, 0.3) is 11.0 Å². The van der Waals surface area contributed by atoms with Crippen LogP contribution in [0.15, 0.2) is 28.7 Å². The number of hydrogen-bond donors (Lipinski definition) is 1. The zero-order valence-electron chi connectivity index (χ0n) is 8.06. The van der Waals surface area contributed by atoms with Gasteiger partial charge in [0.15, 0.2) is 0 Å². The van der Waals surface area contributed by atoms with E-state index in [-0.39, 0.29) is 5.56 Å². The van der Waals surface area contributed by atoms with Crippen molar-refractivity contribution in [1.82, 2.24) is 0 Å². The van der Waals surface area contributed by atoms with Crippen LogP contribution in [0.3, 0.4) is 0 Å². The number of carboxylic acids is 1. The Morgan fingerprint density at radius 3 is 2.87 bits per heavy atom. The number of aromatic carboxylic acids is 1. The van der Waals surface area contributed by atoms with Gasteiger partial charge in [-0.3, -0.25) is 0 Å². The van der Waals surface area contributed by atoms with Crippen LogP contribution in [0, 0.1) is 0 Å². The van der Waals surface area contributed by atoms with Gasteiger partial charge in [-0.25, -0.2) is 4.79 Å². The van der Waals surface area contributed by atoms with Crippen molar-refractivity contribution >= 4 is 16.9 Å². The highest BCUT2D eigenvalue weighted by Gasteiger charge is 2.27. The standard InChI is InChI=1S/C12H10O3/c13-12(14)9-3-1-2-8-6-10(7-4-5-7)15-11(8)9/h1-3,6-7H,4-5H2,(H,13,14). The number of benzene rings is 1. The van der Waals surface area contributed by atoms with Crippen molar-refractivity contribution in [2.24, 2.45) is 0 Å². The van der Waals surface area contributed by atoms with Crippen LogP contribution in [0.2, 0.25) is 0 Å². The first-order valence-corrected chi connectivity index (χ1v) is 5.01. The van der Waals surface area contributed by atoms with Gasteiger partial charge in [-0.2, -0.15) is 0 Å². The molecule has 2 aromatic rings. The van der Waals surface area contributed by atoms with Gasteiger partial charge in [0, 0.05) is 11.3 Å². The SMILES string of the molecule is O=C(O)c1cccc2cc(C3CC3)oc12. The van der Waals surface area contributed by atoms with Crippen LogP contribution in [-0.4, -0.2) is 11.1 Å². The smallest absolute Gasteiger partial charge is 0.339 e. The minimum Gasteiger partial charge on any atom is -0.478 e. The van der Waals surface area contributed by atoms with Crippen molar-refractivity contribution < 1.29 is 14.3 Å². The largest absolute Gasteiger partial charge is 0.478 e. The number of hydrogen-bond acceptors (Lipinski definition) is 2. The molecule has 3 nitrogen and oxygen atoms in total. The monoisotopic (exact) mass is 202 g/mol. The molecule has 3 rings (SSSR count). The van der Waals surface area contributed by atoms with E-state index in [9.17, 15) is 4.79 Å². The highest BCUT2D eigenvalue weighted by molar-refractivity contribution is 6.01. The van der Waals surface area contributed by atoms with E-state index in [0.717, 1.165) is 24.0 Å². The van der Waals surface area contributed by atoms with Crippen molar-refractivity contribution in [2.75, 3.05) is 0 Å². The molecule has 1 N–H and O–H groups in total. The summed E-state index contributed by atoms with van der Waals surface area (Å²) in [6.07, 6.45) is 2.31. The van der Waals surface area contributed by atoms with Crippen LogP contribution < -0.4 is 0 Å². The maximum absolute atomic E-state index is 10.9. The summed E-state index contributed by atoms with van der Waals surface area (Å²) in [5.74, 6) is 0.509. The van der Waals surface area contributed by atoms with E-state index in [2.05, 4.69) is 0 Å². The van der Waals surface area contributed by atoms with Gasteiger partial charge in [0.1, 0.15) is 16.9 Å². The molecule has 0 spiro atoms. The molecule has 1 aliphatic carbocycles. The molecule has 0 amide bonds. The molecule has 1 aromatic heterocycles. The molecule has 1 heterocycles. The van der Waals surface area contributed by atoms with Crippen LogP contribution in [-0.2, 0) is 0 Å². The quantitative estimate of drug-likeness (QED) is 0.814. The normalized spacial score (nSPS) is 15.7. The highest BCUT2D eigenvalue weighted by Crippen LogP contribution is 2.42. The molecule has 0 unspecified atom stereocenters. The van der Waals surface area contributed by atoms with E-state index in [0.29, 0.717) is 11.5 Å². The van der Waals surface area contributed by atoms with E-state index in [1.807, 2.05) is 12.1 Å². The lowest BCUT2D eigenvalue weighted by Gasteiger charge is -1.94. The molecule has 1 aliphatic rings. The molecule has 0 saturated heterocycles. The highest BCUT2D eigenvalue weighted by atomic mass is 16.4. The summed E-state index contributed by atoms with van der Waals surface area (Å²) in [4.78, 5) is 10.9. The van der Waals surface area contributed by atoms with Gasteiger partial charge in [0.25, 0.3) is 0 Å². The third kappa shape index (κ3) is 1.31. The van der Waals surface area contributed by atoms with Crippen LogP contribution in [0.5, 0.6) is 0 Å². The average Bonchev–Trinajstić information content (AvgIpc) is 2.96. The molecule has 0 radical (unpaired) electrons. The molecule has 3 heteroatoms. The second-order valence-electron chi connectivity index (χ2n) is 3.95. The fraction of sp³-hybridized carbons (Fsp3) is 0.250. The van der Waals surface area contributed by atoms with Crippen LogP contribution in [0.1, 0.15) is 34.9 Å².